The fourth-order valence-corrected chi connectivity index (χ4v) is 4.83. The Balaban J connectivity index is 1.65. The minimum Gasteiger partial charge on any atom is -0.348 e. The minimum atomic E-state index is -0.526. The first-order valence-electron chi connectivity index (χ1n) is 10.9. The number of aromatic nitrogens is 5. The van der Waals surface area contributed by atoms with Crippen LogP contribution in [-0.4, -0.2) is 29.0 Å². The van der Waals surface area contributed by atoms with Crippen LogP contribution in [0, 0.1) is 13.8 Å². The van der Waals surface area contributed by atoms with E-state index in [0.29, 0.717) is 5.56 Å². The first kappa shape index (κ1) is 22.3. The number of ketones is 1. The number of allylic oxidation sites excluding steroid dienone is 2. The highest BCUT2D eigenvalue weighted by Crippen LogP contribution is 2.24. The SMILES string of the molecule is Cc1cc(C(=O)Cn2c(Cl)nc3c2c(=O)n(C)c(=O)n3C)c(C)n1CCC1=CCCCC1. The number of halogens is 1. The normalized spacial score (nSPS) is 14.2. The second-order valence-corrected chi connectivity index (χ2v) is 8.90. The lowest BCUT2D eigenvalue weighted by Gasteiger charge is -2.15. The number of carbonyl (C=O) groups excluding carboxylic acids is 1. The number of nitrogens with zero attached hydrogens (tertiary/aromatic N) is 5. The molecule has 0 amide bonds. The lowest BCUT2D eigenvalue weighted by molar-refractivity contribution is 0.0972. The van der Waals surface area contributed by atoms with Gasteiger partial charge in [0.25, 0.3) is 5.56 Å². The highest BCUT2D eigenvalue weighted by Gasteiger charge is 2.22. The third-order valence-electron chi connectivity index (χ3n) is 6.52. The summed E-state index contributed by atoms with van der Waals surface area (Å²) in [6, 6.07) is 1.90. The van der Waals surface area contributed by atoms with E-state index < -0.39 is 11.2 Å². The third-order valence-corrected chi connectivity index (χ3v) is 6.81. The van der Waals surface area contributed by atoms with Crippen molar-refractivity contribution in [2.24, 2.45) is 14.1 Å². The zero-order valence-corrected chi connectivity index (χ0v) is 19.7. The predicted octanol–water partition coefficient (Wildman–Crippen LogP) is 3.28. The Bertz CT molecular complexity index is 1370. The molecule has 0 fully saturated rings. The Morgan fingerprint density at radius 1 is 1.12 bits per heavy atom. The number of carbonyl (C=O) groups is 1. The van der Waals surface area contributed by atoms with Crippen molar-refractivity contribution < 1.29 is 4.79 Å². The molecule has 0 saturated carbocycles. The Kier molecular flexibility index (Phi) is 5.99. The van der Waals surface area contributed by atoms with Crippen molar-refractivity contribution in [2.75, 3.05) is 0 Å². The third kappa shape index (κ3) is 3.77. The van der Waals surface area contributed by atoms with E-state index in [2.05, 4.69) is 15.6 Å². The summed E-state index contributed by atoms with van der Waals surface area (Å²) < 4.78 is 5.82. The van der Waals surface area contributed by atoms with E-state index >= 15 is 0 Å². The van der Waals surface area contributed by atoms with E-state index in [4.69, 9.17) is 11.6 Å². The zero-order chi connectivity index (χ0) is 23.2. The largest absolute Gasteiger partial charge is 0.348 e. The van der Waals surface area contributed by atoms with Gasteiger partial charge in [0.1, 0.15) is 0 Å². The van der Waals surface area contributed by atoms with Gasteiger partial charge in [-0.25, -0.2) is 4.79 Å². The molecule has 0 radical (unpaired) electrons. The van der Waals surface area contributed by atoms with Crippen molar-refractivity contribution in [2.45, 2.75) is 59.0 Å². The molecule has 0 aromatic carbocycles. The number of hydrogen-bond donors (Lipinski definition) is 0. The number of rotatable bonds is 6. The van der Waals surface area contributed by atoms with Crippen molar-refractivity contribution in [1.82, 2.24) is 23.3 Å². The molecule has 9 heteroatoms. The molecule has 0 atom stereocenters. The summed E-state index contributed by atoms with van der Waals surface area (Å²) in [5.41, 5.74) is 3.34. The van der Waals surface area contributed by atoms with Gasteiger partial charge in [-0.2, -0.15) is 4.98 Å². The smallest absolute Gasteiger partial charge is 0.332 e. The molecule has 1 aliphatic rings. The Morgan fingerprint density at radius 3 is 2.56 bits per heavy atom. The van der Waals surface area contributed by atoms with Crippen molar-refractivity contribution in [3.63, 3.8) is 0 Å². The highest BCUT2D eigenvalue weighted by molar-refractivity contribution is 6.29. The molecule has 32 heavy (non-hydrogen) atoms. The molecular formula is C23H28ClN5O3. The molecule has 0 unspecified atom stereocenters. The van der Waals surface area contributed by atoms with Gasteiger partial charge in [-0.05, 0) is 63.6 Å². The van der Waals surface area contributed by atoms with Gasteiger partial charge in [0.05, 0.1) is 6.54 Å². The summed E-state index contributed by atoms with van der Waals surface area (Å²) in [4.78, 5) is 42.3. The highest BCUT2D eigenvalue weighted by atomic mass is 35.5. The van der Waals surface area contributed by atoms with E-state index in [-0.39, 0.29) is 28.8 Å². The quantitative estimate of drug-likeness (QED) is 0.323. The molecule has 3 aromatic heterocycles. The van der Waals surface area contributed by atoms with Crippen LogP contribution < -0.4 is 11.2 Å². The molecule has 170 valence electrons. The van der Waals surface area contributed by atoms with E-state index in [0.717, 1.165) is 41.8 Å². The van der Waals surface area contributed by atoms with Crippen LogP contribution in [0.2, 0.25) is 5.28 Å². The monoisotopic (exact) mass is 457 g/mol. The number of aryl methyl sites for hydroxylation is 2. The van der Waals surface area contributed by atoms with Crippen LogP contribution >= 0.6 is 11.6 Å². The molecule has 3 aromatic rings. The Morgan fingerprint density at radius 2 is 1.88 bits per heavy atom. The van der Waals surface area contributed by atoms with Crippen LogP contribution in [0.4, 0.5) is 0 Å². The lowest BCUT2D eigenvalue weighted by Crippen LogP contribution is -2.37. The standard InChI is InChI=1S/C23H28ClN5O3/c1-14-12-17(15(2)28(14)11-10-16-8-6-5-7-9-16)18(30)13-29-19-20(25-22(29)24)26(3)23(32)27(4)21(19)31/h8,12H,5-7,9-11,13H2,1-4H3. The van der Waals surface area contributed by atoms with E-state index in [1.807, 2.05) is 19.9 Å². The maximum atomic E-state index is 13.2. The molecule has 3 heterocycles. The van der Waals surface area contributed by atoms with Gasteiger partial charge in [0, 0.05) is 37.6 Å². The molecule has 0 spiro atoms. The summed E-state index contributed by atoms with van der Waals surface area (Å²) in [5, 5.41) is 0.00435. The van der Waals surface area contributed by atoms with Crippen molar-refractivity contribution in [1.29, 1.82) is 0 Å². The van der Waals surface area contributed by atoms with Crippen molar-refractivity contribution >= 4 is 28.5 Å². The van der Waals surface area contributed by atoms with E-state index in [9.17, 15) is 14.4 Å². The number of Topliss-reactive ketones (excluding diaryl/α,β-unsaturated/α-hetero) is 1. The van der Waals surface area contributed by atoms with Crippen LogP contribution in [0.1, 0.15) is 53.8 Å². The van der Waals surface area contributed by atoms with Crippen LogP contribution in [0.15, 0.2) is 27.3 Å². The topological polar surface area (TPSA) is 83.8 Å². The first-order valence-corrected chi connectivity index (χ1v) is 11.3. The van der Waals surface area contributed by atoms with Crippen LogP contribution in [-0.2, 0) is 27.2 Å². The summed E-state index contributed by atoms with van der Waals surface area (Å²) in [6.07, 6.45) is 8.19. The molecule has 0 aliphatic heterocycles. The molecular weight excluding hydrogens is 430 g/mol. The lowest BCUT2D eigenvalue weighted by atomic mass is 9.97. The van der Waals surface area contributed by atoms with Gasteiger partial charge in [0.2, 0.25) is 5.28 Å². The average Bonchev–Trinajstić information content (AvgIpc) is 3.26. The maximum absolute atomic E-state index is 13.2. The van der Waals surface area contributed by atoms with Gasteiger partial charge in [0.15, 0.2) is 16.9 Å². The summed E-state index contributed by atoms with van der Waals surface area (Å²) in [7, 11) is 2.92. The van der Waals surface area contributed by atoms with Gasteiger partial charge in [-0.3, -0.25) is 18.7 Å². The Labute approximate surface area is 190 Å². The van der Waals surface area contributed by atoms with E-state index in [1.165, 1.54) is 41.6 Å². The fraction of sp³-hybridized carbons (Fsp3) is 0.478. The van der Waals surface area contributed by atoms with Crippen molar-refractivity contribution in [3.8, 4) is 0 Å². The molecule has 8 nitrogen and oxygen atoms in total. The van der Waals surface area contributed by atoms with Crippen LogP contribution in [0.3, 0.4) is 0 Å². The number of imidazole rings is 1. The zero-order valence-electron chi connectivity index (χ0n) is 18.9. The van der Waals surface area contributed by atoms with Gasteiger partial charge >= 0.3 is 5.69 Å². The minimum absolute atomic E-state index is 0.00435. The summed E-state index contributed by atoms with van der Waals surface area (Å²) in [6.45, 7) is 4.67. The van der Waals surface area contributed by atoms with Crippen molar-refractivity contribution in [3.05, 3.63) is 60.8 Å². The maximum Gasteiger partial charge on any atom is 0.332 e. The van der Waals surface area contributed by atoms with Gasteiger partial charge < -0.3 is 9.13 Å². The second kappa shape index (κ2) is 8.58. The molecule has 0 bridgehead atoms. The van der Waals surface area contributed by atoms with Gasteiger partial charge in [-0.15, -0.1) is 0 Å². The number of hydrogen-bond acceptors (Lipinski definition) is 4. The van der Waals surface area contributed by atoms with E-state index in [1.54, 1.807) is 0 Å². The molecule has 0 N–H and O–H groups in total. The molecule has 1 aliphatic carbocycles. The number of fused-ring (bicyclic) bond motifs is 1. The average molecular weight is 458 g/mol. The fourth-order valence-electron chi connectivity index (χ4n) is 4.61. The molecule has 0 saturated heterocycles. The molecule has 4 rings (SSSR count). The summed E-state index contributed by atoms with van der Waals surface area (Å²) >= 11 is 6.28. The van der Waals surface area contributed by atoms with Crippen LogP contribution in [0.25, 0.3) is 11.2 Å². The predicted molar refractivity (Wildman–Crippen MR) is 125 cm³/mol. The summed E-state index contributed by atoms with van der Waals surface area (Å²) in [5.74, 6) is -0.154. The second-order valence-electron chi connectivity index (χ2n) is 8.56. The van der Waals surface area contributed by atoms with Crippen LogP contribution in [0.5, 0.6) is 0 Å². The van der Waals surface area contributed by atoms with Gasteiger partial charge in [-0.1, -0.05) is 11.6 Å². The Hall–Kier alpha value is -2.87. The first-order chi connectivity index (χ1) is 15.2.